The minimum Gasteiger partial charge on any atom is -0.448 e. The van der Waals surface area contributed by atoms with Crippen molar-refractivity contribution >= 4 is 6.09 Å². The highest BCUT2D eigenvalue weighted by molar-refractivity contribution is 5.70. The number of carbonyl (C=O) groups excluding carboxylic acids is 1. The van der Waals surface area contributed by atoms with Gasteiger partial charge in [0.25, 0.3) is 0 Å². The molecule has 0 aromatic heterocycles. The summed E-state index contributed by atoms with van der Waals surface area (Å²) in [5, 5.41) is 3.64. The molecule has 0 saturated carbocycles. The second kappa shape index (κ2) is 9.23. The van der Waals surface area contributed by atoms with Crippen LogP contribution in [0.5, 0.6) is 0 Å². The van der Waals surface area contributed by atoms with Crippen LogP contribution < -0.4 is 5.32 Å². The van der Waals surface area contributed by atoms with E-state index in [1.165, 1.54) is 0 Å². The lowest BCUT2D eigenvalue weighted by Gasteiger charge is -2.49. The molecule has 184 valence electrons. The number of nitrogens with zero attached hydrogens (tertiary/aromatic N) is 1. The molecule has 0 aliphatic carbocycles. The van der Waals surface area contributed by atoms with Crippen molar-refractivity contribution in [3.05, 3.63) is 70.8 Å². The van der Waals surface area contributed by atoms with Crippen LogP contribution in [0.3, 0.4) is 0 Å². The van der Waals surface area contributed by atoms with Crippen LogP contribution in [0.25, 0.3) is 0 Å². The standard InChI is InChI=1S/C26H31F3N2O3/c1-18-13-20(15-22(14-18)26(27,28)29)19(2)34-17-25(21-7-5-4-6-8-21)10-9-24(3,16-30-25)31-11-12-33-23(31)32/h4-8,13-15,19,30H,9-12,16-17H2,1-3H3/t19-,24+,25-/m1/s1. The molecule has 0 bridgehead atoms. The summed E-state index contributed by atoms with van der Waals surface area (Å²) < 4.78 is 51.3. The molecule has 2 aliphatic rings. The van der Waals surface area contributed by atoms with E-state index in [-0.39, 0.29) is 18.2 Å². The Bertz CT molecular complexity index is 1020. The Morgan fingerprint density at radius 2 is 1.91 bits per heavy atom. The number of ether oxygens (including phenoxy) is 2. The van der Waals surface area contributed by atoms with E-state index in [1.807, 2.05) is 30.3 Å². The summed E-state index contributed by atoms with van der Waals surface area (Å²) in [6, 6.07) is 14.0. The first kappa shape index (κ1) is 24.5. The number of amides is 1. The number of nitrogens with one attached hydrogen (secondary N) is 1. The zero-order valence-corrected chi connectivity index (χ0v) is 19.7. The predicted molar refractivity (Wildman–Crippen MR) is 122 cm³/mol. The number of halogens is 3. The molecule has 2 aliphatic heterocycles. The number of hydrogen-bond acceptors (Lipinski definition) is 4. The normalized spacial score (nSPS) is 26.4. The van der Waals surface area contributed by atoms with E-state index in [9.17, 15) is 18.0 Å². The number of aryl methyl sites for hydroxylation is 1. The molecule has 8 heteroatoms. The van der Waals surface area contributed by atoms with E-state index in [0.717, 1.165) is 24.1 Å². The summed E-state index contributed by atoms with van der Waals surface area (Å²) >= 11 is 0. The Morgan fingerprint density at radius 1 is 1.18 bits per heavy atom. The van der Waals surface area contributed by atoms with Gasteiger partial charge in [-0.3, -0.25) is 4.90 Å². The summed E-state index contributed by atoms with van der Waals surface area (Å²) in [4.78, 5) is 14.0. The molecule has 5 nitrogen and oxygen atoms in total. The highest BCUT2D eigenvalue weighted by Gasteiger charge is 2.47. The summed E-state index contributed by atoms with van der Waals surface area (Å²) in [6.07, 6.45) is -3.78. The van der Waals surface area contributed by atoms with Gasteiger partial charge in [0.1, 0.15) is 6.61 Å². The Balaban J connectivity index is 1.54. The molecule has 0 radical (unpaired) electrons. The van der Waals surface area contributed by atoms with Crippen LogP contribution in [0, 0.1) is 6.92 Å². The van der Waals surface area contributed by atoms with Crippen molar-refractivity contribution in [2.75, 3.05) is 26.3 Å². The largest absolute Gasteiger partial charge is 0.448 e. The van der Waals surface area contributed by atoms with Gasteiger partial charge in [0.05, 0.1) is 35.9 Å². The number of cyclic esters (lactones) is 1. The van der Waals surface area contributed by atoms with E-state index in [2.05, 4.69) is 12.2 Å². The third-order valence-corrected chi connectivity index (χ3v) is 7.11. The van der Waals surface area contributed by atoms with E-state index in [4.69, 9.17) is 9.47 Å². The molecule has 34 heavy (non-hydrogen) atoms. The molecule has 3 atom stereocenters. The van der Waals surface area contributed by atoms with E-state index < -0.39 is 23.4 Å². The third kappa shape index (κ3) is 4.93. The summed E-state index contributed by atoms with van der Waals surface area (Å²) in [6.45, 7) is 7.29. The maximum atomic E-state index is 13.3. The number of carbonyl (C=O) groups is 1. The van der Waals surface area contributed by atoms with Crippen LogP contribution in [0.15, 0.2) is 48.5 Å². The van der Waals surface area contributed by atoms with Gasteiger partial charge in [-0.15, -0.1) is 0 Å². The quantitative estimate of drug-likeness (QED) is 0.591. The van der Waals surface area contributed by atoms with Crippen molar-refractivity contribution in [1.29, 1.82) is 0 Å². The molecule has 2 fully saturated rings. The fourth-order valence-electron chi connectivity index (χ4n) is 4.92. The molecule has 2 aromatic rings. The average molecular weight is 477 g/mol. The molecule has 2 heterocycles. The van der Waals surface area contributed by atoms with Crippen molar-refractivity contribution in [3.8, 4) is 0 Å². The van der Waals surface area contributed by atoms with Gasteiger partial charge in [-0.25, -0.2) is 4.79 Å². The van der Waals surface area contributed by atoms with E-state index in [1.54, 1.807) is 24.8 Å². The number of alkyl halides is 3. The Morgan fingerprint density at radius 3 is 2.50 bits per heavy atom. The van der Waals surface area contributed by atoms with Gasteiger partial charge >= 0.3 is 12.3 Å². The van der Waals surface area contributed by atoms with Crippen molar-refractivity contribution < 1.29 is 27.4 Å². The lowest BCUT2D eigenvalue weighted by molar-refractivity contribution is -0.137. The van der Waals surface area contributed by atoms with E-state index >= 15 is 0 Å². The van der Waals surface area contributed by atoms with Crippen LogP contribution in [-0.2, 0) is 21.2 Å². The Labute approximate surface area is 198 Å². The van der Waals surface area contributed by atoms with Gasteiger partial charge in [-0.2, -0.15) is 13.2 Å². The highest BCUT2D eigenvalue weighted by atomic mass is 19.4. The Kier molecular flexibility index (Phi) is 6.66. The van der Waals surface area contributed by atoms with Gasteiger partial charge in [0.15, 0.2) is 0 Å². The molecule has 1 amide bonds. The monoisotopic (exact) mass is 476 g/mol. The molecular formula is C26H31F3N2O3. The maximum Gasteiger partial charge on any atom is 0.416 e. The Hall–Kier alpha value is -2.58. The molecule has 0 spiro atoms. The van der Waals surface area contributed by atoms with Gasteiger partial charge in [-0.1, -0.05) is 42.0 Å². The lowest BCUT2D eigenvalue weighted by atomic mass is 9.76. The number of piperidine rings is 1. The molecule has 1 N–H and O–H groups in total. The molecule has 4 rings (SSSR count). The molecular weight excluding hydrogens is 445 g/mol. The fraction of sp³-hybridized carbons (Fsp3) is 0.500. The first-order chi connectivity index (χ1) is 16.0. The maximum absolute atomic E-state index is 13.3. The predicted octanol–water partition coefficient (Wildman–Crippen LogP) is 5.58. The van der Waals surface area contributed by atoms with Crippen molar-refractivity contribution in [1.82, 2.24) is 10.2 Å². The smallest absolute Gasteiger partial charge is 0.416 e. The number of hydrogen-bond donors (Lipinski definition) is 1. The van der Waals surface area contributed by atoms with Crippen molar-refractivity contribution in [3.63, 3.8) is 0 Å². The second-order valence-electron chi connectivity index (χ2n) is 9.65. The first-order valence-electron chi connectivity index (χ1n) is 11.6. The third-order valence-electron chi connectivity index (χ3n) is 7.11. The van der Waals surface area contributed by atoms with Gasteiger partial charge in [0, 0.05) is 6.54 Å². The van der Waals surface area contributed by atoms with Crippen LogP contribution in [0.4, 0.5) is 18.0 Å². The summed E-state index contributed by atoms with van der Waals surface area (Å²) in [7, 11) is 0. The van der Waals surface area contributed by atoms with Crippen LogP contribution >= 0.6 is 0 Å². The van der Waals surface area contributed by atoms with E-state index in [0.29, 0.717) is 37.2 Å². The van der Waals surface area contributed by atoms with Gasteiger partial charge in [0.2, 0.25) is 0 Å². The zero-order valence-electron chi connectivity index (χ0n) is 19.7. The summed E-state index contributed by atoms with van der Waals surface area (Å²) in [5.74, 6) is 0. The van der Waals surface area contributed by atoms with Gasteiger partial charge < -0.3 is 14.8 Å². The first-order valence-corrected chi connectivity index (χ1v) is 11.6. The highest BCUT2D eigenvalue weighted by Crippen LogP contribution is 2.39. The average Bonchev–Trinajstić information content (AvgIpc) is 3.25. The van der Waals surface area contributed by atoms with Gasteiger partial charge in [-0.05, 0) is 56.9 Å². The van der Waals surface area contributed by atoms with Crippen LogP contribution in [-0.4, -0.2) is 42.8 Å². The number of benzene rings is 2. The SMILES string of the molecule is Cc1cc([C@@H](C)OC[C@@]2(c3ccccc3)CC[C@](C)(N3CCOC3=O)CN2)cc(C(F)(F)F)c1. The minimum atomic E-state index is -4.40. The zero-order chi connectivity index (χ0) is 24.6. The van der Waals surface area contributed by atoms with Crippen LogP contribution in [0.1, 0.15) is 55.0 Å². The van der Waals surface area contributed by atoms with Crippen LogP contribution in [0.2, 0.25) is 0 Å². The lowest BCUT2D eigenvalue weighted by Crippen LogP contribution is -2.63. The van der Waals surface area contributed by atoms with Crippen molar-refractivity contribution in [2.45, 2.75) is 57.0 Å². The summed E-state index contributed by atoms with van der Waals surface area (Å²) in [5.41, 5.74) is 0.525. The topological polar surface area (TPSA) is 50.8 Å². The number of rotatable bonds is 6. The molecule has 2 aromatic carbocycles. The minimum absolute atomic E-state index is 0.286. The molecule has 0 unspecified atom stereocenters. The molecule has 2 saturated heterocycles. The van der Waals surface area contributed by atoms with Crippen molar-refractivity contribution in [2.24, 2.45) is 0 Å². The second-order valence-corrected chi connectivity index (χ2v) is 9.65. The fourth-order valence-corrected chi connectivity index (χ4v) is 4.92.